The number of ether oxygens (including phenoxy) is 2. The van der Waals surface area contributed by atoms with Crippen LogP contribution in [0.25, 0.3) is 0 Å². The average Bonchev–Trinajstić information content (AvgIpc) is 3.44. The Labute approximate surface area is 173 Å². The molecule has 1 fully saturated rings. The van der Waals surface area contributed by atoms with E-state index in [2.05, 4.69) is 10.4 Å². The molecule has 1 aliphatic carbocycles. The molecule has 0 saturated heterocycles. The van der Waals surface area contributed by atoms with Crippen LogP contribution in [0.4, 0.5) is 13.2 Å². The molecule has 1 atom stereocenters. The first-order chi connectivity index (χ1) is 14.2. The lowest BCUT2D eigenvalue weighted by atomic mass is 10.2. The highest BCUT2D eigenvalue weighted by Crippen LogP contribution is 2.43. The number of carbonyl (C=O) groups excluding carboxylic acids is 1. The Morgan fingerprint density at radius 3 is 2.47 bits per heavy atom. The summed E-state index contributed by atoms with van der Waals surface area (Å²) in [6.07, 6.45) is -2.92. The zero-order valence-corrected chi connectivity index (χ0v) is 17.3. The molecular weight excluding hydrogens is 399 g/mol. The number of benzene rings is 1. The molecule has 3 rings (SSSR count). The Bertz CT molecular complexity index is 891. The van der Waals surface area contributed by atoms with Gasteiger partial charge in [-0.2, -0.15) is 18.3 Å². The van der Waals surface area contributed by atoms with E-state index in [0.717, 1.165) is 24.5 Å². The van der Waals surface area contributed by atoms with Crippen LogP contribution in [-0.4, -0.2) is 28.9 Å². The van der Waals surface area contributed by atoms with Crippen LogP contribution in [0.15, 0.2) is 24.3 Å². The van der Waals surface area contributed by atoms with Gasteiger partial charge in [0.25, 0.3) is 0 Å². The van der Waals surface area contributed by atoms with Gasteiger partial charge in [-0.25, -0.2) is 0 Å². The van der Waals surface area contributed by atoms with Crippen LogP contribution in [0.3, 0.4) is 0 Å². The predicted octanol–water partition coefficient (Wildman–Crippen LogP) is 4.45. The molecule has 1 unspecified atom stereocenters. The maximum atomic E-state index is 13.1. The van der Waals surface area contributed by atoms with Crippen molar-refractivity contribution in [2.45, 2.75) is 58.3 Å². The molecule has 0 bridgehead atoms. The van der Waals surface area contributed by atoms with Crippen molar-refractivity contribution >= 4 is 5.91 Å². The molecule has 2 aromatic rings. The summed E-state index contributed by atoms with van der Waals surface area (Å²) >= 11 is 0. The maximum Gasteiger partial charge on any atom is 0.435 e. The van der Waals surface area contributed by atoms with Crippen molar-refractivity contribution in [1.82, 2.24) is 15.1 Å². The molecule has 1 aromatic carbocycles. The molecule has 0 aliphatic heterocycles. The molecule has 9 heteroatoms. The minimum absolute atomic E-state index is 0.0312. The van der Waals surface area contributed by atoms with Gasteiger partial charge in [0, 0.05) is 18.2 Å². The number of hydrogen-bond acceptors (Lipinski definition) is 4. The van der Waals surface area contributed by atoms with Gasteiger partial charge in [0.15, 0.2) is 17.2 Å². The summed E-state index contributed by atoms with van der Waals surface area (Å²) in [6, 6.07) is 5.57. The highest BCUT2D eigenvalue weighted by Gasteiger charge is 2.39. The van der Waals surface area contributed by atoms with Crippen LogP contribution in [0.1, 0.15) is 62.5 Å². The van der Waals surface area contributed by atoms with Crippen LogP contribution in [0.2, 0.25) is 0 Å². The molecular formula is C21H26F3N3O3. The van der Waals surface area contributed by atoms with Crippen LogP contribution >= 0.6 is 0 Å². The first-order valence-electron chi connectivity index (χ1n) is 10.1. The maximum absolute atomic E-state index is 13.1. The molecule has 1 saturated carbocycles. The molecule has 6 nitrogen and oxygen atoms in total. The summed E-state index contributed by atoms with van der Waals surface area (Å²) in [6.45, 7) is 6.47. The molecule has 1 N–H and O–H groups in total. The second-order valence-corrected chi connectivity index (χ2v) is 7.21. The number of nitrogens with one attached hydrogen (secondary N) is 1. The number of aromatic nitrogens is 2. The van der Waals surface area contributed by atoms with Gasteiger partial charge in [0.2, 0.25) is 5.91 Å². The Kier molecular flexibility index (Phi) is 6.58. The van der Waals surface area contributed by atoms with Gasteiger partial charge in [-0.3, -0.25) is 9.48 Å². The van der Waals surface area contributed by atoms with Crippen molar-refractivity contribution in [3.05, 3.63) is 41.2 Å². The average molecular weight is 425 g/mol. The number of rotatable bonds is 9. The molecule has 0 radical (unpaired) electrons. The lowest BCUT2D eigenvalue weighted by Gasteiger charge is -2.16. The van der Waals surface area contributed by atoms with Gasteiger partial charge in [0.1, 0.15) is 6.04 Å². The summed E-state index contributed by atoms with van der Waals surface area (Å²) in [5, 5.41) is 6.46. The lowest BCUT2D eigenvalue weighted by Crippen LogP contribution is -2.32. The summed E-state index contributed by atoms with van der Waals surface area (Å²) < 4.78 is 51.6. The third-order valence-electron chi connectivity index (χ3n) is 4.87. The van der Waals surface area contributed by atoms with E-state index >= 15 is 0 Å². The topological polar surface area (TPSA) is 65.4 Å². The molecule has 30 heavy (non-hydrogen) atoms. The van der Waals surface area contributed by atoms with Crippen molar-refractivity contribution in [2.75, 3.05) is 13.2 Å². The monoisotopic (exact) mass is 425 g/mol. The quantitative estimate of drug-likeness (QED) is 0.645. The Hall–Kier alpha value is -2.71. The second-order valence-electron chi connectivity index (χ2n) is 7.21. The fraction of sp³-hybridized carbons (Fsp3) is 0.524. The van der Waals surface area contributed by atoms with Crippen molar-refractivity contribution < 1.29 is 27.4 Å². The molecule has 164 valence electrons. The van der Waals surface area contributed by atoms with E-state index < -0.39 is 23.8 Å². The fourth-order valence-electron chi connectivity index (χ4n) is 3.20. The number of halogens is 3. The van der Waals surface area contributed by atoms with E-state index in [9.17, 15) is 18.0 Å². The van der Waals surface area contributed by atoms with Crippen molar-refractivity contribution in [2.24, 2.45) is 0 Å². The molecule has 0 spiro atoms. The van der Waals surface area contributed by atoms with E-state index in [1.165, 1.54) is 4.68 Å². The SMILES string of the molecule is CCOc1ccc(CNC(=O)C(C)n2nc(C(F)(F)F)cc2C2CC2)cc1OCC. The van der Waals surface area contributed by atoms with E-state index in [1.807, 2.05) is 19.9 Å². The van der Waals surface area contributed by atoms with Gasteiger partial charge in [-0.1, -0.05) is 6.07 Å². The largest absolute Gasteiger partial charge is 0.490 e. The van der Waals surface area contributed by atoms with Gasteiger partial charge in [-0.05, 0) is 57.4 Å². The first kappa shape index (κ1) is 22.0. The highest BCUT2D eigenvalue weighted by atomic mass is 19.4. The first-order valence-corrected chi connectivity index (χ1v) is 10.1. The standard InChI is InChI=1S/C21H26F3N3O3/c1-4-29-17-9-6-14(10-18(17)30-5-2)12-25-20(28)13(3)27-16(15-7-8-15)11-19(26-27)21(22,23)24/h6,9-11,13,15H,4-5,7-8,12H2,1-3H3,(H,25,28). The third-order valence-corrected chi connectivity index (χ3v) is 4.87. The summed E-state index contributed by atoms with van der Waals surface area (Å²) in [5.74, 6) is 0.828. The number of alkyl halides is 3. The van der Waals surface area contributed by atoms with Gasteiger partial charge in [-0.15, -0.1) is 0 Å². The van der Waals surface area contributed by atoms with Gasteiger partial charge >= 0.3 is 6.18 Å². The zero-order valence-electron chi connectivity index (χ0n) is 17.3. The van der Waals surface area contributed by atoms with Crippen molar-refractivity contribution in [3.8, 4) is 11.5 Å². The predicted molar refractivity (Wildman–Crippen MR) is 105 cm³/mol. The van der Waals surface area contributed by atoms with Crippen molar-refractivity contribution in [3.63, 3.8) is 0 Å². The smallest absolute Gasteiger partial charge is 0.435 e. The van der Waals surface area contributed by atoms with E-state index in [-0.39, 0.29) is 12.5 Å². The minimum atomic E-state index is -4.54. The Balaban J connectivity index is 1.71. The number of hydrogen-bond donors (Lipinski definition) is 1. The van der Waals surface area contributed by atoms with Gasteiger partial charge in [0.05, 0.1) is 13.2 Å². The lowest BCUT2D eigenvalue weighted by molar-refractivity contribution is -0.142. The highest BCUT2D eigenvalue weighted by molar-refractivity contribution is 5.79. The van der Waals surface area contributed by atoms with Crippen LogP contribution in [-0.2, 0) is 17.5 Å². The van der Waals surface area contributed by atoms with Crippen LogP contribution in [0.5, 0.6) is 11.5 Å². The van der Waals surface area contributed by atoms with E-state index in [1.54, 1.807) is 19.1 Å². The third kappa shape index (κ3) is 5.06. The molecule has 1 aromatic heterocycles. The summed E-state index contributed by atoms with van der Waals surface area (Å²) in [4.78, 5) is 12.6. The summed E-state index contributed by atoms with van der Waals surface area (Å²) in [7, 11) is 0. The summed E-state index contributed by atoms with van der Waals surface area (Å²) in [5.41, 5.74) is 0.294. The minimum Gasteiger partial charge on any atom is -0.490 e. The molecule has 1 amide bonds. The molecule has 1 heterocycles. The van der Waals surface area contributed by atoms with Crippen molar-refractivity contribution in [1.29, 1.82) is 0 Å². The number of amides is 1. The Morgan fingerprint density at radius 1 is 1.20 bits per heavy atom. The van der Waals surface area contributed by atoms with Crippen LogP contribution < -0.4 is 14.8 Å². The number of carbonyl (C=O) groups is 1. The number of nitrogens with zero attached hydrogens (tertiary/aromatic N) is 2. The Morgan fingerprint density at radius 2 is 1.87 bits per heavy atom. The van der Waals surface area contributed by atoms with E-state index in [0.29, 0.717) is 30.4 Å². The van der Waals surface area contributed by atoms with Gasteiger partial charge < -0.3 is 14.8 Å². The fourth-order valence-corrected chi connectivity index (χ4v) is 3.20. The normalized spacial score (nSPS) is 15.0. The molecule has 1 aliphatic rings. The van der Waals surface area contributed by atoms with E-state index in [4.69, 9.17) is 9.47 Å². The zero-order chi connectivity index (χ0) is 21.9. The second kappa shape index (κ2) is 8.97. The van der Waals surface area contributed by atoms with Crippen LogP contribution in [0, 0.1) is 0 Å².